The lowest BCUT2D eigenvalue weighted by Crippen LogP contribution is -2.48. The highest BCUT2D eigenvalue weighted by Crippen LogP contribution is 2.18. The second kappa shape index (κ2) is 7.17. The van der Waals surface area contributed by atoms with Gasteiger partial charge in [-0.25, -0.2) is 0 Å². The van der Waals surface area contributed by atoms with E-state index in [1.807, 2.05) is 0 Å². The van der Waals surface area contributed by atoms with Crippen molar-refractivity contribution in [2.75, 3.05) is 37.8 Å². The van der Waals surface area contributed by atoms with E-state index in [0.717, 1.165) is 26.2 Å². The lowest BCUT2D eigenvalue weighted by atomic mass is 10.2. The standard InChI is InChI=1S/C15H24N2OS/c1-12(2)17-8-9-18-14(11-17)10-16-13-4-6-15(19-3)7-5-13/h4-7,12,14,16H,8-11H2,1-3H3. The van der Waals surface area contributed by atoms with Crippen molar-refractivity contribution in [3.8, 4) is 0 Å². The number of nitrogens with one attached hydrogen (secondary N) is 1. The van der Waals surface area contributed by atoms with Crippen LogP contribution in [0.3, 0.4) is 0 Å². The van der Waals surface area contributed by atoms with Crippen LogP contribution in [0.25, 0.3) is 0 Å². The summed E-state index contributed by atoms with van der Waals surface area (Å²) in [6.45, 7) is 8.29. The topological polar surface area (TPSA) is 24.5 Å². The number of morpholine rings is 1. The third-order valence-corrected chi connectivity index (χ3v) is 4.27. The van der Waals surface area contributed by atoms with Gasteiger partial charge in [-0.15, -0.1) is 11.8 Å². The molecule has 0 aliphatic carbocycles. The average Bonchev–Trinajstić information content (AvgIpc) is 2.46. The van der Waals surface area contributed by atoms with Gasteiger partial charge in [0.2, 0.25) is 0 Å². The zero-order valence-corrected chi connectivity index (χ0v) is 12.9. The number of benzene rings is 1. The Labute approximate surface area is 120 Å². The van der Waals surface area contributed by atoms with Gasteiger partial charge in [0, 0.05) is 36.3 Å². The van der Waals surface area contributed by atoms with Gasteiger partial charge in [-0.05, 0) is 44.4 Å². The molecule has 1 fully saturated rings. The summed E-state index contributed by atoms with van der Waals surface area (Å²) in [5, 5.41) is 3.46. The monoisotopic (exact) mass is 280 g/mol. The Morgan fingerprint density at radius 3 is 2.74 bits per heavy atom. The number of rotatable bonds is 5. The Kier molecular flexibility index (Phi) is 5.55. The molecule has 0 spiro atoms. The minimum atomic E-state index is 0.288. The van der Waals surface area contributed by atoms with Crippen LogP contribution in [0.2, 0.25) is 0 Å². The Hall–Kier alpha value is -0.710. The van der Waals surface area contributed by atoms with Crippen molar-refractivity contribution >= 4 is 17.4 Å². The van der Waals surface area contributed by atoms with Crippen LogP contribution in [0, 0.1) is 0 Å². The molecule has 1 aliphatic heterocycles. The Morgan fingerprint density at radius 2 is 2.11 bits per heavy atom. The van der Waals surface area contributed by atoms with Crippen LogP contribution in [-0.4, -0.2) is 49.5 Å². The summed E-state index contributed by atoms with van der Waals surface area (Å²) in [7, 11) is 0. The van der Waals surface area contributed by atoms with Gasteiger partial charge in [-0.2, -0.15) is 0 Å². The van der Waals surface area contributed by atoms with Crippen molar-refractivity contribution in [1.29, 1.82) is 0 Å². The summed E-state index contributed by atoms with van der Waals surface area (Å²) in [6.07, 6.45) is 2.38. The molecule has 0 radical (unpaired) electrons. The van der Waals surface area contributed by atoms with Gasteiger partial charge in [0.15, 0.2) is 0 Å². The zero-order chi connectivity index (χ0) is 13.7. The molecule has 1 aromatic rings. The fourth-order valence-corrected chi connectivity index (χ4v) is 2.68. The maximum Gasteiger partial charge on any atom is 0.0874 e. The van der Waals surface area contributed by atoms with E-state index in [4.69, 9.17) is 4.74 Å². The SMILES string of the molecule is CSc1ccc(NCC2CN(C(C)C)CCO2)cc1. The molecule has 1 atom stereocenters. The molecular formula is C15H24N2OS. The molecule has 2 rings (SSSR count). The highest BCUT2D eigenvalue weighted by Gasteiger charge is 2.21. The summed E-state index contributed by atoms with van der Waals surface area (Å²) in [4.78, 5) is 3.78. The van der Waals surface area contributed by atoms with Crippen LogP contribution < -0.4 is 5.32 Å². The average molecular weight is 280 g/mol. The smallest absolute Gasteiger partial charge is 0.0874 e. The van der Waals surface area contributed by atoms with Crippen molar-refractivity contribution in [2.45, 2.75) is 30.9 Å². The van der Waals surface area contributed by atoms with E-state index in [9.17, 15) is 0 Å². The zero-order valence-electron chi connectivity index (χ0n) is 12.1. The molecule has 0 amide bonds. The Morgan fingerprint density at radius 1 is 1.37 bits per heavy atom. The van der Waals surface area contributed by atoms with Crippen LogP contribution >= 0.6 is 11.8 Å². The fraction of sp³-hybridized carbons (Fsp3) is 0.600. The molecule has 1 heterocycles. The molecule has 1 saturated heterocycles. The van der Waals surface area contributed by atoms with Gasteiger partial charge < -0.3 is 10.1 Å². The molecule has 1 aromatic carbocycles. The molecule has 1 unspecified atom stereocenters. The number of anilines is 1. The van der Waals surface area contributed by atoms with Crippen molar-refractivity contribution in [3.05, 3.63) is 24.3 Å². The largest absolute Gasteiger partial charge is 0.382 e. The Bertz CT molecular complexity index is 380. The van der Waals surface area contributed by atoms with Crippen molar-refractivity contribution in [1.82, 2.24) is 4.90 Å². The van der Waals surface area contributed by atoms with Gasteiger partial charge in [-0.1, -0.05) is 0 Å². The van der Waals surface area contributed by atoms with E-state index < -0.39 is 0 Å². The molecule has 0 bridgehead atoms. The number of hydrogen-bond donors (Lipinski definition) is 1. The quantitative estimate of drug-likeness (QED) is 0.838. The van der Waals surface area contributed by atoms with Crippen LogP contribution in [0.4, 0.5) is 5.69 Å². The third kappa shape index (κ3) is 4.41. The summed E-state index contributed by atoms with van der Waals surface area (Å²) < 4.78 is 5.82. The first-order chi connectivity index (χ1) is 9.19. The summed E-state index contributed by atoms with van der Waals surface area (Å²) >= 11 is 1.77. The maximum atomic E-state index is 5.82. The van der Waals surface area contributed by atoms with E-state index in [1.165, 1.54) is 10.6 Å². The first kappa shape index (κ1) is 14.7. The first-order valence-electron chi connectivity index (χ1n) is 6.92. The second-order valence-corrected chi connectivity index (χ2v) is 6.07. The predicted molar refractivity (Wildman–Crippen MR) is 83.2 cm³/mol. The van der Waals surface area contributed by atoms with E-state index in [1.54, 1.807) is 11.8 Å². The molecule has 4 heteroatoms. The van der Waals surface area contributed by atoms with Crippen molar-refractivity contribution in [3.63, 3.8) is 0 Å². The van der Waals surface area contributed by atoms with Gasteiger partial charge in [0.05, 0.1) is 12.7 Å². The number of thioether (sulfide) groups is 1. The highest BCUT2D eigenvalue weighted by atomic mass is 32.2. The first-order valence-corrected chi connectivity index (χ1v) is 8.15. The van der Waals surface area contributed by atoms with Gasteiger partial charge >= 0.3 is 0 Å². The lowest BCUT2D eigenvalue weighted by Gasteiger charge is -2.35. The van der Waals surface area contributed by atoms with E-state index in [2.05, 4.69) is 54.6 Å². The van der Waals surface area contributed by atoms with E-state index >= 15 is 0 Å². The van der Waals surface area contributed by atoms with E-state index in [0.29, 0.717) is 6.04 Å². The minimum absolute atomic E-state index is 0.288. The van der Waals surface area contributed by atoms with Crippen molar-refractivity contribution in [2.24, 2.45) is 0 Å². The molecule has 1 aliphatic rings. The molecule has 1 N–H and O–H groups in total. The molecule has 3 nitrogen and oxygen atoms in total. The van der Waals surface area contributed by atoms with Crippen LogP contribution in [0.15, 0.2) is 29.2 Å². The van der Waals surface area contributed by atoms with Gasteiger partial charge in [-0.3, -0.25) is 4.90 Å². The van der Waals surface area contributed by atoms with Gasteiger partial charge in [0.1, 0.15) is 0 Å². The summed E-state index contributed by atoms with van der Waals surface area (Å²) in [5.74, 6) is 0. The molecule has 19 heavy (non-hydrogen) atoms. The van der Waals surface area contributed by atoms with Crippen LogP contribution in [-0.2, 0) is 4.74 Å². The molecule has 106 valence electrons. The predicted octanol–water partition coefficient (Wildman–Crippen LogP) is 2.93. The number of ether oxygens (including phenoxy) is 1. The Balaban J connectivity index is 1.80. The van der Waals surface area contributed by atoms with Crippen LogP contribution in [0.5, 0.6) is 0 Å². The van der Waals surface area contributed by atoms with Gasteiger partial charge in [0.25, 0.3) is 0 Å². The number of hydrogen-bond acceptors (Lipinski definition) is 4. The molecule has 0 saturated carbocycles. The van der Waals surface area contributed by atoms with E-state index in [-0.39, 0.29) is 6.10 Å². The second-order valence-electron chi connectivity index (χ2n) is 5.19. The van der Waals surface area contributed by atoms with Crippen molar-refractivity contribution < 1.29 is 4.74 Å². The van der Waals surface area contributed by atoms with Crippen LogP contribution in [0.1, 0.15) is 13.8 Å². The number of nitrogens with zero attached hydrogens (tertiary/aromatic N) is 1. The summed E-state index contributed by atoms with van der Waals surface area (Å²) in [5.41, 5.74) is 1.17. The molecular weight excluding hydrogens is 256 g/mol. The maximum absolute atomic E-state index is 5.82. The third-order valence-electron chi connectivity index (χ3n) is 3.52. The lowest BCUT2D eigenvalue weighted by molar-refractivity contribution is -0.0315. The fourth-order valence-electron chi connectivity index (χ4n) is 2.28. The summed E-state index contributed by atoms with van der Waals surface area (Å²) in [6, 6.07) is 9.17. The minimum Gasteiger partial charge on any atom is -0.382 e. The normalized spacial score (nSPS) is 20.7. The molecule has 0 aromatic heterocycles. The highest BCUT2D eigenvalue weighted by molar-refractivity contribution is 7.98.